The molecule has 3 aliphatic heterocycles. The van der Waals surface area contributed by atoms with Crippen LogP contribution in [0.1, 0.15) is 59.3 Å². The third kappa shape index (κ3) is 4.28. The van der Waals surface area contributed by atoms with E-state index in [1.807, 2.05) is 0 Å². The van der Waals surface area contributed by atoms with Crippen molar-refractivity contribution in [2.45, 2.75) is 74.2 Å². The van der Waals surface area contributed by atoms with Crippen molar-refractivity contribution in [3.05, 3.63) is 0 Å². The van der Waals surface area contributed by atoms with E-state index in [2.05, 4.69) is 20.8 Å². The van der Waals surface area contributed by atoms with Crippen LogP contribution in [-0.4, -0.2) is 48.9 Å². The molecule has 0 amide bonds. The SMILES string of the molecule is CC1CC[CH]([Al]([CH]2CCC(C)CO2)[CH]2CCC(C)CO2)OC1. The Labute approximate surface area is 140 Å². The van der Waals surface area contributed by atoms with Crippen LogP contribution in [0.4, 0.5) is 0 Å². The Balaban J connectivity index is 1.67. The summed E-state index contributed by atoms with van der Waals surface area (Å²) in [7, 11) is 0. The summed E-state index contributed by atoms with van der Waals surface area (Å²) < 4.78 is 18.9. The summed E-state index contributed by atoms with van der Waals surface area (Å²) in [5.41, 5.74) is 0. The Kier molecular flexibility index (Phi) is 6.26. The lowest BCUT2D eigenvalue weighted by Gasteiger charge is -2.41. The topological polar surface area (TPSA) is 27.7 Å². The molecule has 0 aromatic carbocycles. The molecule has 126 valence electrons. The van der Waals surface area contributed by atoms with E-state index in [1.165, 1.54) is 38.5 Å². The van der Waals surface area contributed by atoms with Gasteiger partial charge < -0.3 is 14.2 Å². The van der Waals surface area contributed by atoms with E-state index in [0.29, 0.717) is 14.9 Å². The molecule has 3 fully saturated rings. The molecule has 6 atom stereocenters. The molecule has 3 nitrogen and oxygen atoms in total. The molecule has 3 aliphatic rings. The van der Waals surface area contributed by atoms with E-state index < -0.39 is 14.1 Å². The maximum atomic E-state index is 6.31. The number of rotatable bonds is 3. The maximum absolute atomic E-state index is 6.31. The smallest absolute Gasteiger partial charge is 0.386 e. The summed E-state index contributed by atoms with van der Waals surface area (Å²) in [6.45, 7) is 9.76. The third-order valence-electron chi connectivity index (χ3n) is 5.90. The number of hydrogen-bond acceptors (Lipinski definition) is 3. The molecule has 22 heavy (non-hydrogen) atoms. The summed E-state index contributed by atoms with van der Waals surface area (Å²) in [6, 6.07) is 0. The molecule has 0 aromatic rings. The van der Waals surface area contributed by atoms with Gasteiger partial charge in [0, 0.05) is 34.7 Å². The summed E-state index contributed by atoms with van der Waals surface area (Å²) >= 11 is -1.23. The molecule has 0 spiro atoms. The largest absolute Gasteiger partial charge is 0.393 e. The Morgan fingerprint density at radius 3 is 1.09 bits per heavy atom. The fourth-order valence-corrected chi connectivity index (χ4v) is 8.51. The number of hydrogen-bond donors (Lipinski definition) is 0. The van der Waals surface area contributed by atoms with E-state index in [4.69, 9.17) is 14.2 Å². The van der Waals surface area contributed by atoms with Crippen molar-refractivity contribution in [2.24, 2.45) is 17.8 Å². The van der Waals surface area contributed by atoms with Crippen molar-refractivity contribution in [3.63, 3.8) is 0 Å². The van der Waals surface area contributed by atoms with E-state index in [0.717, 1.165) is 37.6 Å². The highest BCUT2D eigenvalue weighted by atomic mass is 27.2. The molecule has 6 unspecified atom stereocenters. The Morgan fingerprint density at radius 2 is 0.864 bits per heavy atom. The first-order valence-electron chi connectivity index (χ1n) is 9.48. The first-order valence-corrected chi connectivity index (χ1v) is 11.5. The standard InChI is InChI=1S/3C6H11O.Al/c3*1-6-3-2-4-7-5-6;/h3*4,6H,2-3,5H2,1H3;. The minimum atomic E-state index is -1.23. The van der Waals surface area contributed by atoms with Gasteiger partial charge in [0.25, 0.3) is 0 Å². The lowest BCUT2D eigenvalue weighted by Crippen LogP contribution is -2.57. The van der Waals surface area contributed by atoms with Gasteiger partial charge in [0.1, 0.15) is 0 Å². The maximum Gasteiger partial charge on any atom is 0.386 e. The normalized spacial score (nSPS) is 43.8. The molecule has 3 heterocycles. The van der Waals surface area contributed by atoms with Gasteiger partial charge in [0.05, 0.1) is 0 Å². The fourth-order valence-electron chi connectivity index (χ4n) is 4.34. The molecule has 0 aromatic heterocycles. The van der Waals surface area contributed by atoms with E-state index in [-0.39, 0.29) is 0 Å². The summed E-state index contributed by atoms with van der Waals surface area (Å²) in [5, 5.41) is 0. The van der Waals surface area contributed by atoms with E-state index >= 15 is 0 Å². The van der Waals surface area contributed by atoms with Crippen molar-refractivity contribution >= 4 is 14.1 Å². The van der Waals surface area contributed by atoms with Gasteiger partial charge in [0.15, 0.2) is 0 Å². The van der Waals surface area contributed by atoms with Crippen LogP contribution < -0.4 is 0 Å². The van der Waals surface area contributed by atoms with Gasteiger partial charge in [-0.1, -0.05) is 20.8 Å². The van der Waals surface area contributed by atoms with Gasteiger partial charge >= 0.3 is 14.1 Å². The summed E-state index contributed by atoms with van der Waals surface area (Å²) in [6.07, 6.45) is 7.68. The van der Waals surface area contributed by atoms with Gasteiger partial charge in [-0.3, -0.25) is 0 Å². The predicted molar refractivity (Wildman–Crippen MR) is 90.2 cm³/mol. The molecule has 3 saturated heterocycles. The average molecular weight is 324 g/mol. The van der Waals surface area contributed by atoms with E-state index in [9.17, 15) is 0 Å². The molecular formula is C18H33AlO3. The van der Waals surface area contributed by atoms with Crippen LogP contribution >= 0.6 is 0 Å². The molecule has 3 rings (SSSR count). The Hall–Kier alpha value is 0.412. The zero-order valence-corrected chi connectivity index (χ0v) is 15.8. The van der Waals surface area contributed by atoms with Gasteiger partial charge in [0.2, 0.25) is 0 Å². The van der Waals surface area contributed by atoms with Crippen LogP contribution in [0.15, 0.2) is 0 Å². The van der Waals surface area contributed by atoms with Crippen LogP contribution in [0, 0.1) is 17.8 Å². The second-order valence-corrected chi connectivity index (χ2v) is 11.6. The minimum Gasteiger partial charge on any atom is -0.393 e. The summed E-state index contributed by atoms with van der Waals surface area (Å²) in [5.74, 6) is 2.18. The molecule has 0 aliphatic carbocycles. The molecule has 0 N–H and O–H groups in total. The first-order chi connectivity index (χ1) is 10.6. The Morgan fingerprint density at radius 1 is 0.545 bits per heavy atom. The van der Waals surface area contributed by atoms with Gasteiger partial charge in [-0.25, -0.2) is 0 Å². The van der Waals surface area contributed by atoms with E-state index in [1.54, 1.807) is 0 Å². The van der Waals surface area contributed by atoms with Crippen molar-refractivity contribution in [1.29, 1.82) is 0 Å². The predicted octanol–water partition coefficient (Wildman–Crippen LogP) is 3.54. The number of ether oxygens (including phenoxy) is 3. The van der Waals surface area contributed by atoms with Gasteiger partial charge in [-0.2, -0.15) is 0 Å². The second kappa shape index (κ2) is 7.99. The quantitative estimate of drug-likeness (QED) is 0.743. The van der Waals surface area contributed by atoms with Crippen LogP contribution in [-0.2, 0) is 14.2 Å². The van der Waals surface area contributed by atoms with Crippen LogP contribution in [0.2, 0.25) is 0 Å². The first kappa shape index (κ1) is 17.2. The molecule has 0 radical (unpaired) electrons. The van der Waals surface area contributed by atoms with Crippen LogP contribution in [0.3, 0.4) is 0 Å². The van der Waals surface area contributed by atoms with Crippen molar-refractivity contribution in [2.75, 3.05) is 19.8 Å². The highest BCUT2D eigenvalue weighted by Crippen LogP contribution is 2.32. The summed E-state index contributed by atoms with van der Waals surface area (Å²) in [4.78, 5) is 1.44. The van der Waals surface area contributed by atoms with Crippen LogP contribution in [0.25, 0.3) is 0 Å². The third-order valence-corrected chi connectivity index (χ3v) is 10.1. The molecule has 4 heteroatoms. The lowest BCUT2D eigenvalue weighted by molar-refractivity contribution is -0.0208. The zero-order chi connectivity index (χ0) is 15.5. The highest BCUT2D eigenvalue weighted by Gasteiger charge is 2.47. The van der Waals surface area contributed by atoms with Crippen molar-refractivity contribution in [3.8, 4) is 0 Å². The molecule has 0 bridgehead atoms. The van der Waals surface area contributed by atoms with Gasteiger partial charge in [-0.15, -0.1) is 0 Å². The molecule has 0 saturated carbocycles. The van der Waals surface area contributed by atoms with Crippen molar-refractivity contribution in [1.82, 2.24) is 0 Å². The lowest BCUT2D eigenvalue weighted by atomic mass is 10.0. The van der Waals surface area contributed by atoms with Gasteiger partial charge in [-0.05, 0) is 56.3 Å². The highest BCUT2D eigenvalue weighted by molar-refractivity contribution is 6.63. The van der Waals surface area contributed by atoms with Crippen LogP contribution in [0.5, 0.6) is 0 Å². The van der Waals surface area contributed by atoms with Crippen molar-refractivity contribution < 1.29 is 14.2 Å². The minimum absolute atomic E-state index is 0.480. The second-order valence-electron chi connectivity index (χ2n) is 8.24. The Bertz CT molecular complexity index is 275. The fraction of sp³-hybridized carbons (Fsp3) is 1.00. The average Bonchev–Trinajstić information content (AvgIpc) is 2.53. The molecular weight excluding hydrogens is 291 g/mol. The monoisotopic (exact) mass is 324 g/mol. The zero-order valence-electron chi connectivity index (χ0n) is 14.6.